The first-order valence-corrected chi connectivity index (χ1v) is 9.97. The summed E-state index contributed by atoms with van der Waals surface area (Å²) in [7, 11) is 0. The van der Waals surface area contributed by atoms with Gasteiger partial charge in [0.25, 0.3) is 5.91 Å². The van der Waals surface area contributed by atoms with Gasteiger partial charge in [-0.15, -0.1) is 0 Å². The zero-order valence-corrected chi connectivity index (χ0v) is 17.8. The topological polar surface area (TPSA) is 67.2 Å². The molecule has 30 heavy (non-hydrogen) atoms. The van der Waals surface area contributed by atoms with Crippen LogP contribution in [0.2, 0.25) is 0 Å². The zero-order valence-electron chi connectivity index (χ0n) is 16.9. The highest BCUT2D eigenvalue weighted by molar-refractivity contribution is 7.80. The third kappa shape index (κ3) is 4.23. The summed E-state index contributed by atoms with van der Waals surface area (Å²) in [5, 5.41) is 5.94. The van der Waals surface area contributed by atoms with Crippen molar-refractivity contribution in [1.29, 1.82) is 0 Å². The van der Waals surface area contributed by atoms with Crippen LogP contribution in [-0.4, -0.2) is 16.0 Å². The normalized spacial score (nSPS) is 10.8. The van der Waals surface area contributed by atoms with Crippen LogP contribution in [0, 0.1) is 20.8 Å². The number of oxazole rings is 1. The molecule has 5 nitrogen and oxygen atoms in total. The van der Waals surface area contributed by atoms with Gasteiger partial charge in [-0.2, -0.15) is 0 Å². The van der Waals surface area contributed by atoms with Gasteiger partial charge >= 0.3 is 0 Å². The number of anilines is 1. The van der Waals surface area contributed by atoms with Gasteiger partial charge in [0.05, 0.1) is 0 Å². The summed E-state index contributed by atoms with van der Waals surface area (Å²) in [6.45, 7) is 6.11. The SMILES string of the molecule is Cc1ccc(C(=O)NC(=S)Nc2ccc3oc(-c4ccc(C)c(C)c4)nc3c2)cc1. The Bertz CT molecular complexity index is 1260. The van der Waals surface area contributed by atoms with Crippen molar-refractivity contribution < 1.29 is 9.21 Å². The van der Waals surface area contributed by atoms with E-state index in [0.29, 0.717) is 22.6 Å². The number of hydrogen-bond donors (Lipinski definition) is 2. The van der Waals surface area contributed by atoms with E-state index in [1.165, 1.54) is 11.1 Å². The zero-order chi connectivity index (χ0) is 21.3. The van der Waals surface area contributed by atoms with Crippen LogP contribution in [0.5, 0.6) is 0 Å². The molecule has 2 N–H and O–H groups in total. The van der Waals surface area contributed by atoms with Crippen molar-refractivity contribution in [2.45, 2.75) is 20.8 Å². The first-order chi connectivity index (χ1) is 14.4. The van der Waals surface area contributed by atoms with Gasteiger partial charge in [-0.1, -0.05) is 23.8 Å². The number of hydrogen-bond acceptors (Lipinski definition) is 4. The molecule has 150 valence electrons. The van der Waals surface area contributed by atoms with E-state index >= 15 is 0 Å². The molecule has 0 atom stereocenters. The predicted molar refractivity (Wildman–Crippen MR) is 124 cm³/mol. The molecule has 3 aromatic carbocycles. The number of carbonyl (C=O) groups excluding carboxylic acids is 1. The van der Waals surface area contributed by atoms with E-state index in [1.54, 1.807) is 12.1 Å². The van der Waals surface area contributed by atoms with E-state index < -0.39 is 0 Å². The van der Waals surface area contributed by atoms with Crippen LogP contribution in [-0.2, 0) is 0 Å². The lowest BCUT2D eigenvalue weighted by atomic mass is 10.1. The summed E-state index contributed by atoms with van der Waals surface area (Å²) >= 11 is 5.28. The van der Waals surface area contributed by atoms with Crippen molar-refractivity contribution >= 4 is 40.0 Å². The molecule has 0 aliphatic carbocycles. The van der Waals surface area contributed by atoms with E-state index in [9.17, 15) is 4.79 Å². The highest BCUT2D eigenvalue weighted by Gasteiger charge is 2.11. The molecule has 4 rings (SSSR count). The van der Waals surface area contributed by atoms with Gasteiger partial charge in [-0.25, -0.2) is 4.98 Å². The van der Waals surface area contributed by atoms with Gasteiger partial charge in [0.15, 0.2) is 10.7 Å². The average Bonchev–Trinajstić information content (AvgIpc) is 3.13. The van der Waals surface area contributed by atoms with Gasteiger partial charge in [0, 0.05) is 16.8 Å². The highest BCUT2D eigenvalue weighted by atomic mass is 32.1. The van der Waals surface area contributed by atoms with Gasteiger partial charge in [-0.3, -0.25) is 10.1 Å². The Morgan fingerprint density at radius 3 is 2.43 bits per heavy atom. The van der Waals surface area contributed by atoms with Crippen LogP contribution >= 0.6 is 12.2 Å². The largest absolute Gasteiger partial charge is 0.436 e. The van der Waals surface area contributed by atoms with Crippen molar-refractivity contribution in [2.24, 2.45) is 0 Å². The minimum absolute atomic E-state index is 0.220. The summed E-state index contributed by atoms with van der Waals surface area (Å²) in [4.78, 5) is 16.9. The molecule has 0 aliphatic rings. The molecule has 0 spiro atoms. The third-order valence-electron chi connectivity index (χ3n) is 4.94. The monoisotopic (exact) mass is 415 g/mol. The Labute approximate surface area is 180 Å². The lowest BCUT2D eigenvalue weighted by Gasteiger charge is -2.09. The molecule has 0 saturated carbocycles. The molecule has 1 aromatic heterocycles. The number of nitrogens with zero attached hydrogens (tertiary/aromatic N) is 1. The lowest BCUT2D eigenvalue weighted by molar-refractivity contribution is 0.0977. The van der Waals surface area contributed by atoms with Crippen LogP contribution < -0.4 is 10.6 Å². The van der Waals surface area contributed by atoms with Crippen molar-refractivity contribution in [2.75, 3.05) is 5.32 Å². The van der Waals surface area contributed by atoms with Gasteiger partial charge < -0.3 is 9.73 Å². The maximum atomic E-state index is 12.3. The molecule has 0 fully saturated rings. The fraction of sp³-hybridized carbons (Fsp3) is 0.125. The fourth-order valence-corrected chi connectivity index (χ4v) is 3.26. The van der Waals surface area contributed by atoms with Crippen LogP contribution in [0.25, 0.3) is 22.6 Å². The number of fused-ring (bicyclic) bond motifs is 1. The summed E-state index contributed by atoms with van der Waals surface area (Å²) in [5.74, 6) is 0.313. The number of benzene rings is 3. The van der Waals surface area contributed by atoms with Crippen molar-refractivity contribution in [1.82, 2.24) is 10.3 Å². The van der Waals surface area contributed by atoms with Crippen LogP contribution in [0.4, 0.5) is 5.69 Å². The first-order valence-electron chi connectivity index (χ1n) is 9.56. The van der Waals surface area contributed by atoms with E-state index in [2.05, 4.69) is 41.6 Å². The Morgan fingerprint density at radius 1 is 0.933 bits per heavy atom. The molecule has 0 unspecified atom stereocenters. The Hall–Kier alpha value is -3.51. The minimum atomic E-state index is -0.257. The summed E-state index contributed by atoms with van der Waals surface area (Å²) in [6, 6.07) is 18.9. The Balaban J connectivity index is 1.49. The van der Waals surface area contributed by atoms with Crippen molar-refractivity contribution in [3.8, 4) is 11.5 Å². The van der Waals surface area contributed by atoms with Crippen molar-refractivity contribution in [3.63, 3.8) is 0 Å². The van der Waals surface area contributed by atoms with Crippen LogP contribution in [0.15, 0.2) is 65.1 Å². The second-order valence-electron chi connectivity index (χ2n) is 7.27. The molecule has 6 heteroatoms. The maximum Gasteiger partial charge on any atom is 0.257 e. The second kappa shape index (κ2) is 8.08. The molecule has 0 bridgehead atoms. The van der Waals surface area contributed by atoms with Crippen molar-refractivity contribution in [3.05, 3.63) is 82.9 Å². The number of carbonyl (C=O) groups is 1. The number of thiocarbonyl (C=S) groups is 1. The van der Waals surface area contributed by atoms with Crippen LogP contribution in [0.3, 0.4) is 0 Å². The number of aryl methyl sites for hydroxylation is 3. The number of nitrogens with one attached hydrogen (secondary N) is 2. The number of aromatic nitrogens is 1. The summed E-state index contributed by atoms with van der Waals surface area (Å²) in [5.41, 5.74) is 7.10. The quantitative estimate of drug-likeness (QED) is 0.430. The number of amides is 1. The second-order valence-corrected chi connectivity index (χ2v) is 7.68. The van der Waals surface area contributed by atoms with Crippen LogP contribution in [0.1, 0.15) is 27.0 Å². The molecular formula is C24H21N3O2S. The first kappa shape index (κ1) is 19.8. The predicted octanol–water partition coefficient (Wildman–Crippen LogP) is 5.55. The Morgan fingerprint density at radius 2 is 1.70 bits per heavy atom. The van der Waals surface area contributed by atoms with E-state index in [-0.39, 0.29) is 11.0 Å². The summed E-state index contributed by atoms with van der Waals surface area (Å²) < 4.78 is 5.90. The summed E-state index contributed by atoms with van der Waals surface area (Å²) in [6.07, 6.45) is 0. The molecule has 0 radical (unpaired) electrons. The van der Waals surface area contributed by atoms with Gasteiger partial charge in [-0.05, 0) is 86.6 Å². The smallest absolute Gasteiger partial charge is 0.257 e. The molecule has 0 aliphatic heterocycles. The molecule has 1 heterocycles. The molecule has 0 saturated heterocycles. The van der Waals surface area contributed by atoms with E-state index in [4.69, 9.17) is 16.6 Å². The number of rotatable bonds is 3. The standard InChI is InChI=1S/C24H21N3O2S/c1-14-4-7-17(8-5-14)22(28)27-24(30)25-19-10-11-21-20(13-19)26-23(29-21)18-9-6-15(2)16(3)12-18/h4-13H,1-3H3,(H2,25,27,28,30). The molecule has 1 amide bonds. The Kier molecular flexibility index (Phi) is 5.33. The molecular weight excluding hydrogens is 394 g/mol. The maximum absolute atomic E-state index is 12.3. The van der Waals surface area contributed by atoms with Gasteiger partial charge in [0.2, 0.25) is 5.89 Å². The molecule has 4 aromatic rings. The lowest BCUT2D eigenvalue weighted by Crippen LogP contribution is -2.34. The highest BCUT2D eigenvalue weighted by Crippen LogP contribution is 2.27. The average molecular weight is 416 g/mol. The van der Waals surface area contributed by atoms with E-state index in [0.717, 1.165) is 16.8 Å². The van der Waals surface area contributed by atoms with Gasteiger partial charge in [0.1, 0.15) is 5.52 Å². The van der Waals surface area contributed by atoms with E-state index in [1.807, 2.05) is 43.3 Å². The minimum Gasteiger partial charge on any atom is -0.436 e. The third-order valence-corrected chi connectivity index (χ3v) is 5.14. The fourth-order valence-electron chi connectivity index (χ4n) is 3.05.